The van der Waals surface area contributed by atoms with Crippen molar-refractivity contribution in [2.45, 2.75) is 20.8 Å². The smallest absolute Gasteiger partial charge is 0.256 e. The normalized spacial score (nSPS) is 10.2. The lowest BCUT2D eigenvalue weighted by Gasteiger charge is -2.11. The Kier molecular flexibility index (Phi) is 4.03. The molecule has 20 heavy (non-hydrogen) atoms. The largest absolute Gasteiger partial charge is 0.373 e. The molecule has 0 saturated heterocycles. The van der Waals surface area contributed by atoms with Crippen LogP contribution in [-0.2, 0) is 0 Å². The van der Waals surface area contributed by atoms with Gasteiger partial charge < -0.3 is 10.6 Å². The molecule has 0 aliphatic heterocycles. The Balaban J connectivity index is 2.23. The number of amides is 1. The summed E-state index contributed by atoms with van der Waals surface area (Å²) >= 11 is 0. The SMILES string of the molecule is CNc1ccc(NC(=O)c2c(C)cc(C)cc2C)cn1. The first-order valence-corrected chi connectivity index (χ1v) is 6.54. The molecule has 0 fully saturated rings. The number of carbonyl (C=O) groups excluding carboxylic acids is 1. The molecule has 1 aromatic heterocycles. The molecule has 0 radical (unpaired) electrons. The van der Waals surface area contributed by atoms with Crippen LogP contribution in [0.4, 0.5) is 11.5 Å². The Morgan fingerprint density at radius 3 is 2.25 bits per heavy atom. The highest BCUT2D eigenvalue weighted by atomic mass is 16.1. The molecule has 2 aromatic rings. The molecule has 1 amide bonds. The van der Waals surface area contributed by atoms with Gasteiger partial charge in [-0.05, 0) is 44.0 Å². The van der Waals surface area contributed by atoms with Crippen LogP contribution in [0, 0.1) is 20.8 Å². The molecule has 0 saturated carbocycles. The number of carbonyl (C=O) groups is 1. The third kappa shape index (κ3) is 2.96. The van der Waals surface area contributed by atoms with Gasteiger partial charge in [0.15, 0.2) is 0 Å². The summed E-state index contributed by atoms with van der Waals surface area (Å²) in [6.07, 6.45) is 1.64. The maximum absolute atomic E-state index is 12.4. The van der Waals surface area contributed by atoms with Crippen molar-refractivity contribution in [1.29, 1.82) is 0 Å². The van der Waals surface area contributed by atoms with Crippen molar-refractivity contribution < 1.29 is 4.79 Å². The third-order valence-corrected chi connectivity index (χ3v) is 3.18. The number of pyridine rings is 1. The minimum Gasteiger partial charge on any atom is -0.373 e. The highest BCUT2D eigenvalue weighted by Crippen LogP contribution is 2.18. The van der Waals surface area contributed by atoms with Gasteiger partial charge in [-0.1, -0.05) is 17.7 Å². The molecule has 0 bridgehead atoms. The average Bonchev–Trinajstić information content (AvgIpc) is 2.38. The van der Waals surface area contributed by atoms with E-state index in [4.69, 9.17) is 0 Å². The summed E-state index contributed by atoms with van der Waals surface area (Å²) in [5, 5.41) is 5.82. The highest BCUT2D eigenvalue weighted by Gasteiger charge is 2.13. The summed E-state index contributed by atoms with van der Waals surface area (Å²) in [7, 11) is 1.81. The lowest BCUT2D eigenvalue weighted by Crippen LogP contribution is -2.15. The Hall–Kier alpha value is -2.36. The standard InChI is InChI=1S/C16H19N3O/c1-10-7-11(2)15(12(3)8-10)16(20)19-13-5-6-14(17-4)18-9-13/h5-9H,1-4H3,(H,17,18)(H,19,20). The second-order valence-corrected chi connectivity index (χ2v) is 4.91. The Morgan fingerprint density at radius 2 is 1.75 bits per heavy atom. The summed E-state index contributed by atoms with van der Waals surface area (Å²) < 4.78 is 0. The van der Waals surface area contributed by atoms with E-state index in [0.717, 1.165) is 28.1 Å². The van der Waals surface area contributed by atoms with Gasteiger partial charge in [-0.25, -0.2) is 4.98 Å². The van der Waals surface area contributed by atoms with E-state index in [-0.39, 0.29) is 5.91 Å². The van der Waals surface area contributed by atoms with Crippen LogP contribution in [0.25, 0.3) is 0 Å². The maximum atomic E-state index is 12.4. The first-order chi connectivity index (χ1) is 9.51. The van der Waals surface area contributed by atoms with Gasteiger partial charge in [-0.15, -0.1) is 0 Å². The number of aromatic nitrogens is 1. The highest BCUT2D eigenvalue weighted by molar-refractivity contribution is 6.06. The quantitative estimate of drug-likeness (QED) is 0.899. The second kappa shape index (κ2) is 5.74. The zero-order valence-corrected chi connectivity index (χ0v) is 12.2. The van der Waals surface area contributed by atoms with Crippen LogP contribution in [0.15, 0.2) is 30.5 Å². The number of nitrogens with one attached hydrogen (secondary N) is 2. The van der Waals surface area contributed by atoms with Gasteiger partial charge in [0.1, 0.15) is 5.82 Å². The molecular formula is C16H19N3O. The van der Waals surface area contributed by atoms with E-state index >= 15 is 0 Å². The number of anilines is 2. The Labute approximate surface area is 119 Å². The molecule has 2 rings (SSSR count). The summed E-state index contributed by atoms with van der Waals surface area (Å²) in [6, 6.07) is 7.69. The number of hydrogen-bond donors (Lipinski definition) is 2. The molecule has 4 heteroatoms. The fraction of sp³-hybridized carbons (Fsp3) is 0.250. The van der Waals surface area contributed by atoms with Crippen LogP contribution in [0.1, 0.15) is 27.0 Å². The van der Waals surface area contributed by atoms with E-state index in [2.05, 4.69) is 15.6 Å². The topological polar surface area (TPSA) is 54.0 Å². The molecule has 2 N–H and O–H groups in total. The maximum Gasteiger partial charge on any atom is 0.256 e. The average molecular weight is 269 g/mol. The van der Waals surface area contributed by atoms with E-state index in [1.165, 1.54) is 0 Å². The predicted octanol–water partition coefficient (Wildman–Crippen LogP) is 3.30. The summed E-state index contributed by atoms with van der Waals surface area (Å²) in [4.78, 5) is 16.5. The fourth-order valence-corrected chi connectivity index (χ4v) is 2.35. The molecule has 1 aromatic carbocycles. The van der Waals surface area contributed by atoms with Gasteiger partial charge >= 0.3 is 0 Å². The van der Waals surface area contributed by atoms with Crippen molar-refractivity contribution in [3.05, 3.63) is 52.7 Å². The Bertz CT molecular complexity index is 610. The second-order valence-electron chi connectivity index (χ2n) is 4.91. The van der Waals surface area contributed by atoms with Crippen LogP contribution in [0.2, 0.25) is 0 Å². The molecular weight excluding hydrogens is 250 g/mol. The van der Waals surface area contributed by atoms with E-state index in [1.807, 2.05) is 45.0 Å². The summed E-state index contributed by atoms with van der Waals surface area (Å²) in [6.45, 7) is 5.94. The number of hydrogen-bond acceptors (Lipinski definition) is 3. The van der Waals surface area contributed by atoms with Gasteiger partial charge in [0.05, 0.1) is 11.9 Å². The van der Waals surface area contributed by atoms with Crippen molar-refractivity contribution in [3.8, 4) is 0 Å². The monoisotopic (exact) mass is 269 g/mol. The number of benzene rings is 1. The summed E-state index contributed by atoms with van der Waals surface area (Å²) in [5.41, 5.74) is 4.55. The Morgan fingerprint density at radius 1 is 1.10 bits per heavy atom. The lowest BCUT2D eigenvalue weighted by atomic mass is 9.99. The van der Waals surface area contributed by atoms with Crippen molar-refractivity contribution in [3.63, 3.8) is 0 Å². The fourth-order valence-electron chi connectivity index (χ4n) is 2.35. The number of rotatable bonds is 3. The molecule has 0 atom stereocenters. The van der Waals surface area contributed by atoms with Crippen LogP contribution in [0.3, 0.4) is 0 Å². The van der Waals surface area contributed by atoms with Gasteiger partial charge in [-0.3, -0.25) is 4.79 Å². The minimum atomic E-state index is -0.0981. The van der Waals surface area contributed by atoms with Crippen molar-refractivity contribution in [2.24, 2.45) is 0 Å². The zero-order chi connectivity index (χ0) is 14.7. The first kappa shape index (κ1) is 14.1. The number of nitrogens with zero attached hydrogens (tertiary/aromatic N) is 1. The minimum absolute atomic E-state index is 0.0981. The molecule has 0 aliphatic carbocycles. The van der Waals surface area contributed by atoms with Crippen LogP contribution >= 0.6 is 0 Å². The van der Waals surface area contributed by atoms with Gasteiger partial charge in [0.2, 0.25) is 0 Å². The predicted molar refractivity (Wildman–Crippen MR) is 82.4 cm³/mol. The third-order valence-electron chi connectivity index (χ3n) is 3.18. The molecule has 0 spiro atoms. The van der Waals surface area contributed by atoms with Gasteiger partial charge in [-0.2, -0.15) is 0 Å². The first-order valence-electron chi connectivity index (χ1n) is 6.54. The molecule has 0 unspecified atom stereocenters. The van der Waals surface area contributed by atoms with E-state index in [1.54, 1.807) is 13.2 Å². The molecule has 0 aliphatic rings. The van der Waals surface area contributed by atoms with Gasteiger partial charge in [0.25, 0.3) is 5.91 Å². The van der Waals surface area contributed by atoms with Crippen LogP contribution in [0.5, 0.6) is 0 Å². The number of aryl methyl sites for hydroxylation is 3. The van der Waals surface area contributed by atoms with Crippen molar-refractivity contribution >= 4 is 17.4 Å². The van der Waals surface area contributed by atoms with Crippen molar-refractivity contribution in [2.75, 3.05) is 17.7 Å². The van der Waals surface area contributed by atoms with E-state index < -0.39 is 0 Å². The van der Waals surface area contributed by atoms with E-state index in [0.29, 0.717) is 5.69 Å². The van der Waals surface area contributed by atoms with E-state index in [9.17, 15) is 4.79 Å². The molecule has 104 valence electrons. The lowest BCUT2D eigenvalue weighted by molar-refractivity contribution is 0.102. The van der Waals surface area contributed by atoms with Crippen molar-refractivity contribution in [1.82, 2.24) is 4.98 Å². The molecule has 1 heterocycles. The molecule has 4 nitrogen and oxygen atoms in total. The van der Waals surface area contributed by atoms with Crippen LogP contribution in [-0.4, -0.2) is 17.9 Å². The zero-order valence-electron chi connectivity index (χ0n) is 12.2. The van der Waals surface area contributed by atoms with Gasteiger partial charge in [0, 0.05) is 12.6 Å². The summed E-state index contributed by atoms with van der Waals surface area (Å²) in [5.74, 6) is 0.671. The van der Waals surface area contributed by atoms with Crippen LogP contribution < -0.4 is 10.6 Å².